The second-order valence-corrected chi connectivity index (χ2v) is 5.04. The summed E-state index contributed by atoms with van der Waals surface area (Å²) in [4.78, 5) is 0. The molecule has 0 aromatic heterocycles. The summed E-state index contributed by atoms with van der Waals surface area (Å²) in [6, 6.07) is 3.91. The molecule has 1 aromatic rings. The molecule has 0 bridgehead atoms. The third-order valence-electron chi connectivity index (χ3n) is 3.28. The minimum Gasteiger partial charge on any atom is -0.490 e. The smallest absolute Gasteiger partial charge is 0.161 e. The number of aliphatic hydroxyl groups is 1. The van der Waals surface area contributed by atoms with Gasteiger partial charge >= 0.3 is 0 Å². The van der Waals surface area contributed by atoms with Gasteiger partial charge in [0.1, 0.15) is 6.10 Å². The van der Waals surface area contributed by atoms with E-state index in [0.29, 0.717) is 26.4 Å². The quantitative estimate of drug-likeness (QED) is 0.870. The minimum absolute atomic E-state index is 0.343. The first kappa shape index (κ1) is 15.1. The molecule has 20 heavy (non-hydrogen) atoms. The predicted octanol–water partition coefficient (Wildman–Crippen LogP) is 2.87. The van der Waals surface area contributed by atoms with Crippen molar-refractivity contribution < 1.29 is 19.3 Å². The number of aliphatic hydroxyl groups excluding tert-OH is 1. The number of benzene rings is 1. The summed E-state index contributed by atoms with van der Waals surface area (Å²) in [5.74, 6) is 1.49. The Balaban J connectivity index is 2.31. The molecule has 0 fully saturated rings. The zero-order valence-corrected chi connectivity index (χ0v) is 12.4. The van der Waals surface area contributed by atoms with Gasteiger partial charge in [-0.15, -0.1) is 0 Å². The van der Waals surface area contributed by atoms with Gasteiger partial charge in [0.15, 0.2) is 11.5 Å². The molecule has 1 N–H and O–H groups in total. The van der Waals surface area contributed by atoms with Crippen molar-refractivity contribution in [3.05, 3.63) is 23.3 Å². The van der Waals surface area contributed by atoms with Crippen LogP contribution in [0.4, 0.5) is 0 Å². The number of fused-ring (bicyclic) bond motifs is 1. The summed E-state index contributed by atoms with van der Waals surface area (Å²) >= 11 is 0. The highest BCUT2D eigenvalue weighted by Gasteiger charge is 2.20. The molecule has 4 nitrogen and oxygen atoms in total. The number of ether oxygens (including phenoxy) is 3. The topological polar surface area (TPSA) is 47.9 Å². The standard InChI is InChI=1S/C16H24O4/c1-3-6-19-15-9-12-5-8-18-11-14(17)13(12)10-16(15)20-7-4-2/h9-10,14,17H,3-8,11H2,1-2H3. The van der Waals surface area contributed by atoms with Crippen LogP contribution in [0.25, 0.3) is 0 Å². The van der Waals surface area contributed by atoms with Crippen LogP contribution in [0, 0.1) is 0 Å². The Labute approximate surface area is 120 Å². The van der Waals surface area contributed by atoms with Gasteiger partial charge in [0, 0.05) is 0 Å². The largest absolute Gasteiger partial charge is 0.490 e. The van der Waals surface area contributed by atoms with Crippen molar-refractivity contribution in [2.45, 2.75) is 39.2 Å². The second kappa shape index (κ2) is 7.50. The van der Waals surface area contributed by atoms with E-state index in [2.05, 4.69) is 13.8 Å². The SMILES string of the molecule is CCCOc1cc2c(cc1OCCC)C(O)COCC2. The summed E-state index contributed by atoms with van der Waals surface area (Å²) < 4.78 is 16.9. The predicted molar refractivity (Wildman–Crippen MR) is 77.5 cm³/mol. The van der Waals surface area contributed by atoms with E-state index < -0.39 is 6.10 Å². The average Bonchev–Trinajstić information content (AvgIpc) is 2.64. The summed E-state index contributed by atoms with van der Waals surface area (Å²) in [5, 5.41) is 10.1. The molecule has 0 saturated carbocycles. The van der Waals surface area contributed by atoms with Crippen LogP contribution < -0.4 is 9.47 Å². The first-order valence-corrected chi connectivity index (χ1v) is 7.44. The molecule has 0 amide bonds. The first-order valence-electron chi connectivity index (χ1n) is 7.44. The van der Waals surface area contributed by atoms with Crippen LogP contribution in [0.15, 0.2) is 12.1 Å². The van der Waals surface area contributed by atoms with Crippen LogP contribution >= 0.6 is 0 Å². The van der Waals surface area contributed by atoms with Crippen molar-refractivity contribution in [2.75, 3.05) is 26.4 Å². The van der Waals surface area contributed by atoms with E-state index in [1.807, 2.05) is 12.1 Å². The molecular formula is C16H24O4. The lowest BCUT2D eigenvalue weighted by molar-refractivity contribution is 0.0450. The van der Waals surface area contributed by atoms with Gasteiger partial charge in [-0.2, -0.15) is 0 Å². The van der Waals surface area contributed by atoms with E-state index in [0.717, 1.165) is 41.9 Å². The van der Waals surface area contributed by atoms with E-state index in [9.17, 15) is 5.11 Å². The maximum absolute atomic E-state index is 10.1. The zero-order chi connectivity index (χ0) is 14.4. The van der Waals surface area contributed by atoms with Gasteiger partial charge in [0.25, 0.3) is 0 Å². The van der Waals surface area contributed by atoms with Crippen LogP contribution in [-0.2, 0) is 11.2 Å². The Morgan fingerprint density at radius 1 is 1.15 bits per heavy atom. The van der Waals surface area contributed by atoms with E-state index >= 15 is 0 Å². The molecule has 1 unspecified atom stereocenters. The normalized spacial score (nSPS) is 18.2. The molecule has 1 aromatic carbocycles. The molecule has 1 aliphatic rings. The van der Waals surface area contributed by atoms with Crippen molar-refractivity contribution in [3.8, 4) is 11.5 Å². The summed E-state index contributed by atoms with van der Waals surface area (Å²) in [5.41, 5.74) is 1.99. The van der Waals surface area contributed by atoms with Crippen molar-refractivity contribution >= 4 is 0 Å². The molecule has 112 valence electrons. The highest BCUT2D eigenvalue weighted by atomic mass is 16.5. The molecule has 1 aliphatic heterocycles. The molecule has 0 spiro atoms. The van der Waals surface area contributed by atoms with E-state index in [1.165, 1.54) is 0 Å². The fourth-order valence-corrected chi connectivity index (χ4v) is 2.26. The Kier molecular flexibility index (Phi) is 5.68. The van der Waals surface area contributed by atoms with Gasteiger partial charge in [0.05, 0.1) is 26.4 Å². The zero-order valence-electron chi connectivity index (χ0n) is 12.4. The van der Waals surface area contributed by atoms with Gasteiger partial charge in [-0.3, -0.25) is 0 Å². The number of hydrogen-bond acceptors (Lipinski definition) is 4. The van der Waals surface area contributed by atoms with Crippen molar-refractivity contribution in [3.63, 3.8) is 0 Å². The number of rotatable bonds is 6. The second-order valence-electron chi connectivity index (χ2n) is 5.04. The third-order valence-corrected chi connectivity index (χ3v) is 3.28. The van der Waals surface area contributed by atoms with Gasteiger partial charge in [-0.05, 0) is 42.5 Å². The maximum atomic E-state index is 10.1. The van der Waals surface area contributed by atoms with Crippen LogP contribution in [0.1, 0.15) is 43.9 Å². The summed E-state index contributed by atoms with van der Waals surface area (Å²) in [7, 11) is 0. The van der Waals surface area contributed by atoms with Crippen LogP contribution in [0.2, 0.25) is 0 Å². The monoisotopic (exact) mass is 280 g/mol. The van der Waals surface area contributed by atoms with E-state index in [1.54, 1.807) is 0 Å². The lowest BCUT2D eigenvalue weighted by Crippen LogP contribution is -2.07. The van der Waals surface area contributed by atoms with Gasteiger partial charge in [-0.25, -0.2) is 0 Å². The third kappa shape index (κ3) is 3.64. The fourth-order valence-electron chi connectivity index (χ4n) is 2.26. The maximum Gasteiger partial charge on any atom is 0.161 e. The molecule has 0 aliphatic carbocycles. The average molecular weight is 280 g/mol. The molecule has 1 heterocycles. The Hall–Kier alpha value is -1.26. The highest BCUT2D eigenvalue weighted by molar-refractivity contribution is 5.48. The molecule has 2 rings (SSSR count). The first-order chi connectivity index (χ1) is 9.76. The van der Waals surface area contributed by atoms with Crippen LogP contribution in [-0.4, -0.2) is 31.5 Å². The highest BCUT2D eigenvalue weighted by Crippen LogP contribution is 2.35. The Morgan fingerprint density at radius 3 is 2.45 bits per heavy atom. The Bertz CT molecular complexity index is 431. The Morgan fingerprint density at radius 2 is 1.80 bits per heavy atom. The summed E-state index contributed by atoms with van der Waals surface area (Å²) in [6.45, 7) is 6.43. The molecule has 0 saturated heterocycles. The van der Waals surface area contributed by atoms with Gasteiger partial charge in [0.2, 0.25) is 0 Å². The van der Waals surface area contributed by atoms with E-state index in [4.69, 9.17) is 14.2 Å². The number of hydrogen-bond donors (Lipinski definition) is 1. The lowest BCUT2D eigenvalue weighted by Gasteiger charge is -2.17. The summed E-state index contributed by atoms with van der Waals surface area (Å²) in [6.07, 6.45) is 2.10. The molecule has 4 heteroatoms. The van der Waals surface area contributed by atoms with Crippen LogP contribution in [0.3, 0.4) is 0 Å². The van der Waals surface area contributed by atoms with Crippen molar-refractivity contribution in [1.82, 2.24) is 0 Å². The molecular weight excluding hydrogens is 256 g/mol. The van der Waals surface area contributed by atoms with E-state index in [-0.39, 0.29) is 0 Å². The van der Waals surface area contributed by atoms with Crippen molar-refractivity contribution in [1.29, 1.82) is 0 Å². The fraction of sp³-hybridized carbons (Fsp3) is 0.625. The lowest BCUT2D eigenvalue weighted by atomic mass is 10.00. The van der Waals surface area contributed by atoms with Crippen molar-refractivity contribution in [2.24, 2.45) is 0 Å². The van der Waals surface area contributed by atoms with Gasteiger partial charge < -0.3 is 19.3 Å². The van der Waals surface area contributed by atoms with Crippen LogP contribution in [0.5, 0.6) is 11.5 Å². The molecule has 1 atom stereocenters. The molecule has 0 radical (unpaired) electrons. The van der Waals surface area contributed by atoms with Gasteiger partial charge in [-0.1, -0.05) is 13.8 Å². The minimum atomic E-state index is -0.586.